The molecule has 1 aliphatic heterocycles. The van der Waals surface area contributed by atoms with E-state index in [2.05, 4.69) is 4.85 Å². The molecule has 0 saturated carbocycles. The van der Waals surface area contributed by atoms with Crippen LogP contribution in [-0.4, -0.2) is 16.4 Å². The van der Waals surface area contributed by atoms with Crippen LogP contribution in [0.3, 0.4) is 0 Å². The van der Waals surface area contributed by atoms with Crippen molar-refractivity contribution in [2.45, 2.75) is 0 Å². The number of amides is 2. The molecule has 8 rings (SSSR count). The fourth-order valence-corrected chi connectivity index (χ4v) is 6.35. The summed E-state index contributed by atoms with van der Waals surface area (Å²) in [6.45, 7) is 7.52. The molecule has 0 saturated heterocycles. The topological polar surface area (TPSA) is 46.7 Å². The Labute approximate surface area is 253 Å². The van der Waals surface area contributed by atoms with Crippen LogP contribution in [0.1, 0.15) is 20.7 Å². The quantitative estimate of drug-likeness (QED) is 0.158. The van der Waals surface area contributed by atoms with Gasteiger partial charge < -0.3 is 4.57 Å². The van der Waals surface area contributed by atoms with Gasteiger partial charge in [-0.1, -0.05) is 97.1 Å². The van der Waals surface area contributed by atoms with Gasteiger partial charge in [0.1, 0.15) is 0 Å². The van der Waals surface area contributed by atoms with Gasteiger partial charge in [-0.05, 0) is 64.5 Å². The van der Waals surface area contributed by atoms with E-state index in [1.807, 2.05) is 132 Å². The lowest BCUT2D eigenvalue weighted by molar-refractivity contribution is 0.0926. The number of carbonyl (C=O) groups excluding carboxylic acids is 2. The molecule has 0 unspecified atom stereocenters. The Bertz CT molecular complexity index is 2330. The molecule has 5 heteroatoms. The van der Waals surface area contributed by atoms with E-state index in [1.54, 1.807) is 12.1 Å². The molecular weight excluding hydrogens is 542 g/mol. The van der Waals surface area contributed by atoms with Crippen molar-refractivity contribution in [1.29, 1.82) is 0 Å². The van der Waals surface area contributed by atoms with Crippen LogP contribution in [0, 0.1) is 6.57 Å². The van der Waals surface area contributed by atoms with Crippen molar-refractivity contribution in [2.75, 3.05) is 4.90 Å². The Morgan fingerprint density at radius 3 is 1.98 bits per heavy atom. The van der Waals surface area contributed by atoms with Gasteiger partial charge in [0.05, 0.1) is 40.1 Å². The van der Waals surface area contributed by atoms with Gasteiger partial charge in [0, 0.05) is 10.9 Å². The summed E-state index contributed by atoms with van der Waals surface area (Å²) < 4.78 is 2.03. The van der Waals surface area contributed by atoms with Gasteiger partial charge in [0.15, 0.2) is 5.69 Å². The van der Waals surface area contributed by atoms with E-state index in [0.717, 1.165) is 44.1 Å². The number of aromatic nitrogens is 1. The molecule has 1 aliphatic rings. The predicted molar refractivity (Wildman–Crippen MR) is 175 cm³/mol. The summed E-state index contributed by atoms with van der Waals surface area (Å²) in [5.74, 6) is -0.721. The zero-order valence-corrected chi connectivity index (χ0v) is 23.4. The number of anilines is 1. The van der Waals surface area contributed by atoms with Crippen LogP contribution in [0.4, 0.5) is 11.4 Å². The SMILES string of the molecule is [C-]#[N+]c1ccc2c(c1)c1ccccc1n2-c1cccc2c1C(=O)N(c1ccc(-c3ccccc3)cc1-c1ccccc1)C2=O. The van der Waals surface area contributed by atoms with E-state index in [4.69, 9.17) is 6.57 Å². The van der Waals surface area contributed by atoms with E-state index in [-0.39, 0.29) is 11.8 Å². The largest absolute Gasteiger partial charge is 0.309 e. The van der Waals surface area contributed by atoms with Crippen LogP contribution in [0.2, 0.25) is 0 Å². The number of hydrogen-bond acceptors (Lipinski definition) is 2. The lowest BCUT2D eigenvalue weighted by Gasteiger charge is -2.20. The Morgan fingerprint density at radius 1 is 0.500 bits per heavy atom. The summed E-state index contributed by atoms with van der Waals surface area (Å²) in [4.78, 5) is 33.6. The molecule has 0 bridgehead atoms. The molecule has 0 radical (unpaired) electrons. The third-order valence-electron chi connectivity index (χ3n) is 8.35. The van der Waals surface area contributed by atoms with E-state index in [0.29, 0.717) is 28.2 Å². The summed E-state index contributed by atoms with van der Waals surface area (Å²) in [5, 5.41) is 1.89. The van der Waals surface area contributed by atoms with Gasteiger partial charge in [-0.25, -0.2) is 9.74 Å². The second-order valence-corrected chi connectivity index (χ2v) is 10.8. The van der Waals surface area contributed by atoms with E-state index >= 15 is 0 Å². The Balaban J connectivity index is 1.33. The first kappa shape index (κ1) is 25.5. The van der Waals surface area contributed by atoms with Crippen LogP contribution < -0.4 is 4.90 Å². The standard InChI is InChI=1S/C39H23N3O2/c1-40-28-20-22-35-32(24-28)29-15-8-9-17-33(29)41(35)36-18-10-16-30-37(36)39(44)42(38(30)43)34-21-19-27(25-11-4-2-5-12-25)23-31(34)26-13-6-3-7-14-26/h2-24H. The van der Waals surface area contributed by atoms with E-state index < -0.39 is 0 Å². The highest BCUT2D eigenvalue weighted by molar-refractivity contribution is 6.36. The molecule has 0 spiro atoms. The highest BCUT2D eigenvalue weighted by Gasteiger charge is 2.40. The molecule has 1 aromatic heterocycles. The number of nitrogens with zero attached hydrogens (tertiary/aromatic N) is 3. The van der Waals surface area contributed by atoms with Crippen LogP contribution in [0.15, 0.2) is 140 Å². The smallest absolute Gasteiger partial charge is 0.268 e. The van der Waals surface area contributed by atoms with Crippen molar-refractivity contribution in [2.24, 2.45) is 0 Å². The number of fused-ring (bicyclic) bond motifs is 4. The summed E-state index contributed by atoms with van der Waals surface area (Å²) >= 11 is 0. The number of imide groups is 1. The number of benzene rings is 6. The number of rotatable bonds is 4. The summed E-state index contributed by atoms with van der Waals surface area (Å²) in [5.41, 5.74) is 7.96. The normalized spacial score (nSPS) is 12.6. The second kappa shape index (κ2) is 9.94. The first-order valence-electron chi connectivity index (χ1n) is 14.3. The minimum Gasteiger partial charge on any atom is -0.309 e. The third kappa shape index (κ3) is 3.79. The minimum atomic E-state index is -0.367. The maximum atomic E-state index is 14.5. The second-order valence-electron chi connectivity index (χ2n) is 10.8. The molecule has 0 atom stereocenters. The van der Waals surface area contributed by atoms with Crippen LogP contribution in [0.25, 0.3) is 54.6 Å². The fraction of sp³-hybridized carbons (Fsp3) is 0. The van der Waals surface area contributed by atoms with Crippen LogP contribution in [0.5, 0.6) is 0 Å². The number of para-hydroxylation sites is 1. The van der Waals surface area contributed by atoms with Crippen molar-refractivity contribution in [3.05, 3.63) is 162 Å². The first-order chi connectivity index (χ1) is 21.6. The predicted octanol–water partition coefficient (Wildman–Crippen LogP) is 9.47. The number of hydrogen-bond donors (Lipinski definition) is 0. The van der Waals surface area contributed by atoms with Gasteiger partial charge in [-0.3, -0.25) is 9.59 Å². The van der Waals surface area contributed by atoms with Gasteiger partial charge in [-0.2, -0.15) is 0 Å². The lowest BCUT2D eigenvalue weighted by atomic mass is 9.97. The number of carbonyl (C=O) groups is 2. The molecule has 206 valence electrons. The Morgan fingerprint density at radius 2 is 1.20 bits per heavy atom. The molecule has 0 N–H and O–H groups in total. The molecule has 7 aromatic rings. The van der Waals surface area contributed by atoms with E-state index in [9.17, 15) is 9.59 Å². The monoisotopic (exact) mass is 565 g/mol. The zero-order chi connectivity index (χ0) is 29.8. The molecule has 2 amide bonds. The summed E-state index contributed by atoms with van der Waals surface area (Å²) in [7, 11) is 0. The Kier molecular flexibility index (Phi) is 5.75. The average Bonchev–Trinajstić information content (AvgIpc) is 3.55. The zero-order valence-electron chi connectivity index (χ0n) is 23.4. The Hall–Kier alpha value is -6.25. The maximum Gasteiger partial charge on any atom is 0.268 e. The molecule has 5 nitrogen and oxygen atoms in total. The summed E-state index contributed by atoms with van der Waals surface area (Å²) in [6, 6.07) is 44.7. The average molecular weight is 566 g/mol. The molecular formula is C39H23N3O2. The molecule has 0 aliphatic carbocycles. The van der Waals surface area contributed by atoms with Crippen molar-refractivity contribution in [3.63, 3.8) is 0 Å². The van der Waals surface area contributed by atoms with Crippen molar-refractivity contribution < 1.29 is 9.59 Å². The molecule has 0 fully saturated rings. The maximum absolute atomic E-state index is 14.5. The first-order valence-corrected chi connectivity index (χ1v) is 14.3. The minimum absolute atomic E-state index is 0.354. The molecule has 6 aromatic carbocycles. The van der Waals surface area contributed by atoms with Gasteiger partial charge in [0.2, 0.25) is 0 Å². The van der Waals surface area contributed by atoms with Crippen molar-refractivity contribution in [3.8, 4) is 27.9 Å². The highest BCUT2D eigenvalue weighted by Crippen LogP contribution is 2.42. The summed E-state index contributed by atoms with van der Waals surface area (Å²) in [6.07, 6.45) is 0. The van der Waals surface area contributed by atoms with Gasteiger partial charge in [0.25, 0.3) is 11.8 Å². The van der Waals surface area contributed by atoms with Crippen LogP contribution >= 0.6 is 0 Å². The van der Waals surface area contributed by atoms with Crippen molar-refractivity contribution >= 4 is 45.0 Å². The molecule has 44 heavy (non-hydrogen) atoms. The van der Waals surface area contributed by atoms with Gasteiger partial charge >= 0.3 is 0 Å². The van der Waals surface area contributed by atoms with Gasteiger partial charge in [-0.15, -0.1) is 0 Å². The molecule has 2 heterocycles. The van der Waals surface area contributed by atoms with Crippen LogP contribution in [-0.2, 0) is 0 Å². The lowest BCUT2D eigenvalue weighted by Crippen LogP contribution is -2.30. The fourth-order valence-electron chi connectivity index (χ4n) is 6.35. The van der Waals surface area contributed by atoms with Crippen molar-refractivity contribution in [1.82, 2.24) is 4.57 Å². The highest BCUT2D eigenvalue weighted by atomic mass is 16.2. The third-order valence-corrected chi connectivity index (χ3v) is 8.35. The van der Waals surface area contributed by atoms with E-state index in [1.165, 1.54) is 4.90 Å².